The van der Waals surface area contributed by atoms with E-state index >= 15 is 0 Å². The number of amides is 2. The normalized spacial score (nSPS) is 15.2. The summed E-state index contributed by atoms with van der Waals surface area (Å²) in [6.45, 7) is 3.00. The summed E-state index contributed by atoms with van der Waals surface area (Å²) in [6, 6.07) is 11.5. The lowest BCUT2D eigenvalue weighted by molar-refractivity contribution is -0.129. The second-order valence-corrected chi connectivity index (χ2v) is 7.14. The lowest BCUT2D eigenvalue weighted by Gasteiger charge is -2.31. The van der Waals surface area contributed by atoms with Crippen LogP contribution in [0.25, 0.3) is 0 Å². The van der Waals surface area contributed by atoms with E-state index < -0.39 is 0 Å². The summed E-state index contributed by atoms with van der Waals surface area (Å²) in [5, 5.41) is 3.11. The third-order valence-electron chi connectivity index (χ3n) is 4.36. The van der Waals surface area contributed by atoms with Crippen molar-refractivity contribution in [2.75, 3.05) is 13.1 Å². The molecule has 25 heavy (non-hydrogen) atoms. The van der Waals surface area contributed by atoms with Crippen LogP contribution in [0.1, 0.15) is 35.9 Å². The van der Waals surface area contributed by atoms with Crippen LogP contribution in [0.15, 0.2) is 52.0 Å². The van der Waals surface area contributed by atoms with E-state index in [1.807, 2.05) is 41.3 Å². The fourth-order valence-electron chi connectivity index (χ4n) is 2.93. The minimum Gasteiger partial charge on any atom is -0.468 e. The minimum atomic E-state index is -0.0520. The van der Waals surface area contributed by atoms with Crippen LogP contribution in [-0.4, -0.2) is 35.8 Å². The summed E-state index contributed by atoms with van der Waals surface area (Å²) in [5.74, 6) is 1.62. The van der Waals surface area contributed by atoms with Crippen molar-refractivity contribution in [2.24, 2.45) is 0 Å². The summed E-state index contributed by atoms with van der Waals surface area (Å²) < 4.78 is 5.35. The number of likely N-dealkylation sites (tertiary alicyclic amines) is 1. The average molecular weight is 358 g/mol. The van der Waals surface area contributed by atoms with Gasteiger partial charge in [-0.3, -0.25) is 9.59 Å². The zero-order chi connectivity index (χ0) is 17.6. The molecule has 1 aliphatic heterocycles. The lowest BCUT2D eigenvalue weighted by atomic mass is 10.0. The van der Waals surface area contributed by atoms with E-state index in [0.717, 1.165) is 23.5 Å². The number of nitrogens with zero attached hydrogens (tertiary/aromatic N) is 1. The molecule has 1 saturated heterocycles. The molecule has 0 spiro atoms. The van der Waals surface area contributed by atoms with Gasteiger partial charge in [0.1, 0.15) is 5.76 Å². The molecule has 2 aromatic rings. The van der Waals surface area contributed by atoms with Crippen LogP contribution in [0.5, 0.6) is 0 Å². The number of piperidine rings is 1. The second-order valence-electron chi connectivity index (χ2n) is 6.12. The molecule has 2 amide bonds. The van der Waals surface area contributed by atoms with Crippen LogP contribution < -0.4 is 5.32 Å². The smallest absolute Gasteiger partial charge is 0.252 e. The van der Waals surface area contributed by atoms with Gasteiger partial charge in [-0.2, -0.15) is 0 Å². The topological polar surface area (TPSA) is 62.6 Å². The molecule has 5 nitrogen and oxygen atoms in total. The van der Waals surface area contributed by atoms with Gasteiger partial charge in [0.15, 0.2) is 0 Å². The van der Waals surface area contributed by atoms with Crippen molar-refractivity contribution < 1.29 is 14.0 Å². The molecule has 0 atom stereocenters. The highest BCUT2D eigenvalue weighted by Crippen LogP contribution is 2.26. The van der Waals surface area contributed by atoms with Gasteiger partial charge in [0.05, 0.1) is 17.6 Å². The monoisotopic (exact) mass is 358 g/mol. The van der Waals surface area contributed by atoms with E-state index in [1.165, 1.54) is 0 Å². The summed E-state index contributed by atoms with van der Waals surface area (Å²) in [7, 11) is 0. The van der Waals surface area contributed by atoms with Crippen LogP contribution >= 0.6 is 11.8 Å². The van der Waals surface area contributed by atoms with Crippen molar-refractivity contribution in [3.05, 3.63) is 54.0 Å². The first-order valence-corrected chi connectivity index (χ1v) is 9.42. The van der Waals surface area contributed by atoms with Crippen molar-refractivity contribution in [3.63, 3.8) is 0 Å². The van der Waals surface area contributed by atoms with E-state index in [-0.39, 0.29) is 17.9 Å². The van der Waals surface area contributed by atoms with Crippen molar-refractivity contribution in [2.45, 2.75) is 36.5 Å². The highest BCUT2D eigenvalue weighted by Gasteiger charge is 2.23. The maximum Gasteiger partial charge on any atom is 0.252 e. The maximum absolute atomic E-state index is 12.7. The molecular weight excluding hydrogens is 336 g/mol. The average Bonchev–Trinajstić information content (AvgIpc) is 3.14. The number of hydrogen-bond acceptors (Lipinski definition) is 4. The molecule has 1 N–H and O–H groups in total. The van der Waals surface area contributed by atoms with Crippen LogP contribution in [0.4, 0.5) is 0 Å². The zero-order valence-corrected chi connectivity index (χ0v) is 15.1. The number of thioether (sulfide) groups is 1. The molecule has 0 bridgehead atoms. The molecule has 0 aliphatic carbocycles. The van der Waals surface area contributed by atoms with E-state index in [2.05, 4.69) is 5.32 Å². The molecule has 1 aliphatic rings. The van der Waals surface area contributed by atoms with E-state index in [1.54, 1.807) is 24.9 Å². The van der Waals surface area contributed by atoms with Crippen molar-refractivity contribution in [1.29, 1.82) is 0 Å². The van der Waals surface area contributed by atoms with Crippen molar-refractivity contribution in [3.8, 4) is 0 Å². The molecule has 1 aromatic heterocycles. The molecule has 0 saturated carbocycles. The molecule has 0 unspecified atom stereocenters. The molecule has 1 aromatic carbocycles. The van der Waals surface area contributed by atoms with Crippen LogP contribution in [0, 0.1) is 0 Å². The molecule has 3 rings (SSSR count). The van der Waals surface area contributed by atoms with Gasteiger partial charge in [-0.15, -0.1) is 11.8 Å². The van der Waals surface area contributed by atoms with Crippen LogP contribution in [0.3, 0.4) is 0 Å². The number of hydrogen-bond donors (Lipinski definition) is 1. The Kier molecular flexibility index (Phi) is 5.81. The fraction of sp³-hybridized carbons (Fsp3) is 0.368. The quantitative estimate of drug-likeness (QED) is 0.833. The van der Waals surface area contributed by atoms with Gasteiger partial charge in [0.25, 0.3) is 5.91 Å². The summed E-state index contributed by atoms with van der Waals surface area (Å²) in [4.78, 5) is 26.8. The first-order valence-electron chi connectivity index (χ1n) is 8.44. The third kappa shape index (κ3) is 4.66. The predicted octanol–water partition coefficient (Wildman–Crippen LogP) is 3.31. The number of carbonyl (C=O) groups excluding carboxylic acids is 2. The van der Waals surface area contributed by atoms with E-state index in [0.29, 0.717) is 24.4 Å². The third-order valence-corrected chi connectivity index (χ3v) is 5.45. The van der Waals surface area contributed by atoms with Crippen LogP contribution in [0.2, 0.25) is 0 Å². The number of benzene rings is 1. The number of rotatable bonds is 5. The van der Waals surface area contributed by atoms with E-state index in [9.17, 15) is 9.59 Å². The molecule has 2 heterocycles. The van der Waals surface area contributed by atoms with E-state index in [4.69, 9.17) is 4.42 Å². The molecule has 6 heteroatoms. The molecule has 0 radical (unpaired) electrons. The predicted molar refractivity (Wildman–Crippen MR) is 97.5 cm³/mol. The summed E-state index contributed by atoms with van der Waals surface area (Å²) in [6.07, 6.45) is 3.25. The first-order chi connectivity index (χ1) is 12.1. The summed E-state index contributed by atoms with van der Waals surface area (Å²) in [5.41, 5.74) is 0.688. The van der Waals surface area contributed by atoms with Gasteiger partial charge in [0, 0.05) is 31.0 Å². The Bertz CT molecular complexity index is 722. The van der Waals surface area contributed by atoms with Crippen molar-refractivity contribution in [1.82, 2.24) is 10.2 Å². The van der Waals surface area contributed by atoms with Gasteiger partial charge >= 0.3 is 0 Å². The standard InChI is InChI=1S/C19H22N2O3S/c1-14(22)21-10-8-15(9-11-21)20-19(23)17-6-2-3-7-18(17)25-13-16-5-4-12-24-16/h2-7,12,15H,8-11,13H2,1H3,(H,20,23). The maximum atomic E-state index is 12.7. The Balaban J connectivity index is 1.59. The molecular formula is C19H22N2O3S. The Morgan fingerprint density at radius 2 is 1.96 bits per heavy atom. The fourth-order valence-corrected chi connectivity index (χ4v) is 3.88. The molecule has 1 fully saturated rings. The highest BCUT2D eigenvalue weighted by atomic mass is 32.2. The Morgan fingerprint density at radius 3 is 2.64 bits per heavy atom. The first kappa shape index (κ1) is 17.6. The number of furan rings is 1. The molecule has 132 valence electrons. The Hall–Kier alpha value is -2.21. The van der Waals surface area contributed by atoms with Gasteiger partial charge in [-0.05, 0) is 37.1 Å². The van der Waals surface area contributed by atoms with Gasteiger partial charge in [0.2, 0.25) is 5.91 Å². The number of carbonyl (C=O) groups is 2. The van der Waals surface area contributed by atoms with Gasteiger partial charge in [-0.25, -0.2) is 0 Å². The van der Waals surface area contributed by atoms with Crippen LogP contribution in [-0.2, 0) is 10.5 Å². The second kappa shape index (κ2) is 8.25. The zero-order valence-electron chi connectivity index (χ0n) is 14.2. The Labute approximate surface area is 151 Å². The largest absolute Gasteiger partial charge is 0.468 e. The van der Waals surface area contributed by atoms with Gasteiger partial charge < -0.3 is 14.6 Å². The summed E-state index contributed by atoms with van der Waals surface area (Å²) >= 11 is 1.59. The van der Waals surface area contributed by atoms with Gasteiger partial charge in [-0.1, -0.05) is 12.1 Å². The lowest BCUT2D eigenvalue weighted by Crippen LogP contribution is -2.46. The van der Waals surface area contributed by atoms with Crippen molar-refractivity contribution >= 4 is 23.6 Å². The minimum absolute atomic E-state index is 0.0520. The Morgan fingerprint density at radius 1 is 1.20 bits per heavy atom. The SMILES string of the molecule is CC(=O)N1CCC(NC(=O)c2ccccc2SCc2ccco2)CC1. The number of nitrogens with one attached hydrogen (secondary N) is 1. The highest BCUT2D eigenvalue weighted by molar-refractivity contribution is 7.98.